The summed E-state index contributed by atoms with van der Waals surface area (Å²) in [6.45, 7) is 2.38. The van der Waals surface area contributed by atoms with E-state index in [4.69, 9.17) is 11.6 Å². The topological polar surface area (TPSA) is 45.1 Å². The smallest absolute Gasteiger partial charge is 0.0977 e. The van der Waals surface area contributed by atoms with Crippen molar-refractivity contribution in [1.82, 2.24) is 4.98 Å². The van der Waals surface area contributed by atoms with Crippen molar-refractivity contribution < 1.29 is 5.11 Å². The Morgan fingerprint density at radius 3 is 2.89 bits per heavy atom. The van der Waals surface area contributed by atoms with Gasteiger partial charge in [-0.3, -0.25) is 4.98 Å². The number of hydrogen-bond acceptors (Lipinski definition) is 3. The number of rotatable bonds is 4. The summed E-state index contributed by atoms with van der Waals surface area (Å²) in [7, 11) is 0. The highest BCUT2D eigenvalue weighted by Gasteiger charge is 2.07. The van der Waals surface area contributed by atoms with Gasteiger partial charge in [-0.05, 0) is 30.7 Å². The van der Waals surface area contributed by atoms with Gasteiger partial charge >= 0.3 is 0 Å². The average molecular weight is 263 g/mol. The SMILES string of the molecule is Cc1ccc(NCC(O)c2cccnc2)cc1Cl. The van der Waals surface area contributed by atoms with Gasteiger partial charge in [0.05, 0.1) is 6.10 Å². The first-order valence-electron chi connectivity index (χ1n) is 5.75. The van der Waals surface area contributed by atoms with E-state index in [1.807, 2.05) is 31.2 Å². The molecule has 2 N–H and O–H groups in total. The van der Waals surface area contributed by atoms with Crippen molar-refractivity contribution in [3.05, 3.63) is 58.9 Å². The number of benzene rings is 1. The maximum atomic E-state index is 9.97. The molecular formula is C14H15ClN2O. The number of aromatic nitrogens is 1. The molecule has 4 heteroatoms. The number of anilines is 1. The minimum absolute atomic E-state index is 0.422. The highest BCUT2D eigenvalue weighted by atomic mass is 35.5. The van der Waals surface area contributed by atoms with Gasteiger partial charge in [0.25, 0.3) is 0 Å². The highest BCUT2D eigenvalue weighted by molar-refractivity contribution is 6.31. The van der Waals surface area contributed by atoms with Crippen molar-refractivity contribution in [2.45, 2.75) is 13.0 Å². The molecule has 1 aromatic carbocycles. The first-order valence-corrected chi connectivity index (χ1v) is 6.12. The monoisotopic (exact) mass is 262 g/mol. The maximum Gasteiger partial charge on any atom is 0.0977 e. The van der Waals surface area contributed by atoms with Gasteiger partial charge in [-0.15, -0.1) is 0 Å². The molecular weight excluding hydrogens is 248 g/mol. The minimum Gasteiger partial charge on any atom is -0.387 e. The summed E-state index contributed by atoms with van der Waals surface area (Å²) in [5.41, 5.74) is 2.73. The van der Waals surface area contributed by atoms with Crippen LogP contribution in [0.1, 0.15) is 17.2 Å². The zero-order valence-electron chi connectivity index (χ0n) is 10.1. The molecule has 0 saturated carbocycles. The zero-order valence-corrected chi connectivity index (χ0v) is 10.9. The number of aliphatic hydroxyl groups excluding tert-OH is 1. The average Bonchev–Trinajstić information content (AvgIpc) is 2.41. The molecule has 0 fully saturated rings. The molecule has 2 rings (SSSR count). The largest absolute Gasteiger partial charge is 0.387 e. The van der Waals surface area contributed by atoms with E-state index < -0.39 is 6.10 Å². The maximum absolute atomic E-state index is 9.97. The van der Waals surface area contributed by atoms with E-state index >= 15 is 0 Å². The van der Waals surface area contributed by atoms with Crippen molar-refractivity contribution >= 4 is 17.3 Å². The van der Waals surface area contributed by atoms with Gasteiger partial charge in [0.1, 0.15) is 0 Å². The van der Waals surface area contributed by atoms with Crippen molar-refractivity contribution in [2.75, 3.05) is 11.9 Å². The molecule has 2 aromatic rings. The van der Waals surface area contributed by atoms with Crippen LogP contribution < -0.4 is 5.32 Å². The normalized spacial score (nSPS) is 12.2. The van der Waals surface area contributed by atoms with Crippen LogP contribution in [0.15, 0.2) is 42.7 Å². The quantitative estimate of drug-likeness (QED) is 0.890. The Morgan fingerprint density at radius 1 is 1.39 bits per heavy atom. The Kier molecular flexibility index (Phi) is 4.18. The molecule has 1 unspecified atom stereocenters. The van der Waals surface area contributed by atoms with Gasteiger partial charge in [0.15, 0.2) is 0 Å². The standard InChI is InChI=1S/C14H15ClN2O/c1-10-4-5-12(7-13(10)15)17-9-14(18)11-3-2-6-16-8-11/h2-8,14,17-18H,9H2,1H3. The molecule has 0 aliphatic carbocycles. The number of nitrogens with one attached hydrogen (secondary N) is 1. The molecule has 1 aromatic heterocycles. The van der Waals surface area contributed by atoms with E-state index in [2.05, 4.69) is 10.3 Å². The lowest BCUT2D eigenvalue weighted by molar-refractivity contribution is 0.191. The molecule has 0 spiro atoms. The Balaban J connectivity index is 1.97. The summed E-state index contributed by atoms with van der Waals surface area (Å²) in [6, 6.07) is 9.40. The molecule has 1 atom stereocenters. The predicted molar refractivity (Wildman–Crippen MR) is 73.9 cm³/mol. The molecule has 94 valence electrons. The lowest BCUT2D eigenvalue weighted by atomic mass is 10.1. The Labute approximate surface area is 111 Å². The van der Waals surface area contributed by atoms with Gasteiger partial charge in [0, 0.05) is 35.2 Å². The van der Waals surface area contributed by atoms with Crippen LogP contribution in [0.4, 0.5) is 5.69 Å². The van der Waals surface area contributed by atoms with Crippen LogP contribution >= 0.6 is 11.6 Å². The first-order chi connectivity index (χ1) is 8.66. The Hall–Kier alpha value is -1.58. The molecule has 0 amide bonds. The number of nitrogens with zero attached hydrogens (tertiary/aromatic N) is 1. The zero-order chi connectivity index (χ0) is 13.0. The van der Waals surface area contributed by atoms with Crippen LogP contribution in [-0.4, -0.2) is 16.6 Å². The van der Waals surface area contributed by atoms with Gasteiger partial charge < -0.3 is 10.4 Å². The van der Waals surface area contributed by atoms with E-state index in [0.717, 1.165) is 21.8 Å². The Morgan fingerprint density at radius 2 is 2.22 bits per heavy atom. The lowest BCUT2D eigenvalue weighted by Gasteiger charge is -2.13. The van der Waals surface area contributed by atoms with Gasteiger partial charge in [0.2, 0.25) is 0 Å². The van der Waals surface area contributed by atoms with Crippen LogP contribution in [0.3, 0.4) is 0 Å². The van der Waals surface area contributed by atoms with E-state index in [-0.39, 0.29) is 0 Å². The number of pyridine rings is 1. The summed E-state index contributed by atoms with van der Waals surface area (Å²) in [5, 5.41) is 13.8. The fourth-order valence-electron chi connectivity index (χ4n) is 1.61. The Bertz CT molecular complexity index is 516. The van der Waals surface area contributed by atoms with Crippen LogP contribution in [0.25, 0.3) is 0 Å². The van der Waals surface area contributed by atoms with E-state index in [1.165, 1.54) is 0 Å². The summed E-state index contributed by atoms with van der Waals surface area (Å²) in [4.78, 5) is 3.98. The highest BCUT2D eigenvalue weighted by Crippen LogP contribution is 2.20. The van der Waals surface area contributed by atoms with E-state index in [1.54, 1.807) is 18.5 Å². The van der Waals surface area contributed by atoms with Crippen molar-refractivity contribution in [2.24, 2.45) is 0 Å². The van der Waals surface area contributed by atoms with Crippen molar-refractivity contribution in [1.29, 1.82) is 0 Å². The van der Waals surface area contributed by atoms with Crippen molar-refractivity contribution in [3.63, 3.8) is 0 Å². The second kappa shape index (κ2) is 5.85. The van der Waals surface area contributed by atoms with E-state index in [0.29, 0.717) is 6.54 Å². The molecule has 18 heavy (non-hydrogen) atoms. The summed E-state index contributed by atoms with van der Waals surface area (Å²) < 4.78 is 0. The lowest BCUT2D eigenvalue weighted by Crippen LogP contribution is -2.12. The molecule has 1 heterocycles. The molecule has 0 saturated heterocycles. The van der Waals surface area contributed by atoms with Gasteiger partial charge in [-0.25, -0.2) is 0 Å². The first kappa shape index (κ1) is 12.9. The number of hydrogen-bond donors (Lipinski definition) is 2. The number of halogens is 1. The third kappa shape index (κ3) is 3.22. The van der Waals surface area contributed by atoms with Crippen molar-refractivity contribution in [3.8, 4) is 0 Å². The van der Waals surface area contributed by atoms with E-state index in [9.17, 15) is 5.11 Å². The van der Waals surface area contributed by atoms with Crippen LogP contribution in [0.2, 0.25) is 5.02 Å². The molecule has 0 aliphatic heterocycles. The summed E-state index contributed by atoms with van der Waals surface area (Å²) in [6.07, 6.45) is 2.76. The summed E-state index contributed by atoms with van der Waals surface area (Å²) >= 11 is 6.03. The van der Waals surface area contributed by atoms with Crippen LogP contribution in [0, 0.1) is 6.92 Å². The second-order valence-electron chi connectivity index (χ2n) is 4.15. The fourth-order valence-corrected chi connectivity index (χ4v) is 1.79. The molecule has 0 radical (unpaired) electrons. The van der Waals surface area contributed by atoms with Gasteiger partial charge in [-0.2, -0.15) is 0 Å². The summed E-state index contributed by atoms with van der Waals surface area (Å²) in [5.74, 6) is 0. The third-order valence-corrected chi connectivity index (χ3v) is 3.15. The fraction of sp³-hybridized carbons (Fsp3) is 0.214. The van der Waals surface area contributed by atoms with Crippen LogP contribution in [-0.2, 0) is 0 Å². The van der Waals surface area contributed by atoms with Gasteiger partial charge in [-0.1, -0.05) is 23.7 Å². The second-order valence-corrected chi connectivity index (χ2v) is 4.55. The minimum atomic E-state index is -0.584. The third-order valence-electron chi connectivity index (χ3n) is 2.74. The number of aliphatic hydroxyl groups is 1. The number of aryl methyl sites for hydroxylation is 1. The predicted octanol–water partition coefficient (Wildman–Crippen LogP) is 3.19. The molecule has 0 bridgehead atoms. The molecule has 3 nitrogen and oxygen atoms in total. The molecule has 0 aliphatic rings. The van der Waals surface area contributed by atoms with Crippen LogP contribution in [0.5, 0.6) is 0 Å².